The third-order valence-electron chi connectivity index (χ3n) is 3.52. The quantitative estimate of drug-likeness (QED) is 0.682. The fourth-order valence-corrected chi connectivity index (χ4v) is 2.57. The van der Waals surface area contributed by atoms with E-state index in [4.69, 9.17) is 9.15 Å². The lowest BCUT2D eigenvalue weighted by molar-refractivity contribution is 0.230. The van der Waals surface area contributed by atoms with Gasteiger partial charge in [-0.15, -0.1) is 0 Å². The first-order chi connectivity index (χ1) is 11.1. The van der Waals surface area contributed by atoms with E-state index in [0.29, 0.717) is 6.54 Å². The van der Waals surface area contributed by atoms with E-state index in [1.807, 2.05) is 56.3 Å². The number of hydrogen-bond acceptors (Lipinski definition) is 4. The summed E-state index contributed by atoms with van der Waals surface area (Å²) in [5.74, 6) is 1.67. The van der Waals surface area contributed by atoms with Crippen LogP contribution in [-0.4, -0.2) is 23.0 Å². The van der Waals surface area contributed by atoms with Crippen molar-refractivity contribution in [3.63, 3.8) is 0 Å². The normalized spacial score (nSPS) is 11.5. The number of hydrogen-bond donors (Lipinski definition) is 0. The van der Waals surface area contributed by atoms with Gasteiger partial charge in [-0.3, -0.25) is 4.90 Å². The van der Waals surface area contributed by atoms with Gasteiger partial charge in [-0.05, 0) is 39.1 Å². The van der Waals surface area contributed by atoms with Crippen molar-refractivity contribution < 1.29 is 9.15 Å². The third kappa shape index (κ3) is 3.90. The summed E-state index contributed by atoms with van der Waals surface area (Å²) in [5.41, 5.74) is 2.90. The lowest BCUT2D eigenvalue weighted by atomic mass is 10.2. The maximum absolute atomic E-state index is 5.88. The van der Waals surface area contributed by atoms with Crippen LogP contribution in [-0.2, 0) is 13.1 Å². The van der Waals surface area contributed by atoms with E-state index in [1.54, 1.807) is 0 Å². The number of nitrogens with zero attached hydrogens (tertiary/aromatic N) is 2. The monoisotopic (exact) mass is 310 g/mol. The molecule has 1 aromatic heterocycles. The van der Waals surface area contributed by atoms with Gasteiger partial charge in [0.1, 0.15) is 11.3 Å². The summed E-state index contributed by atoms with van der Waals surface area (Å²) < 4.78 is 11.7. The van der Waals surface area contributed by atoms with Gasteiger partial charge < -0.3 is 9.15 Å². The van der Waals surface area contributed by atoms with Crippen LogP contribution in [0.3, 0.4) is 0 Å². The number of aromatic nitrogens is 1. The van der Waals surface area contributed by atoms with E-state index in [2.05, 4.69) is 23.0 Å². The van der Waals surface area contributed by atoms with Crippen molar-refractivity contribution in [1.29, 1.82) is 0 Å². The van der Waals surface area contributed by atoms with E-state index >= 15 is 0 Å². The summed E-state index contributed by atoms with van der Waals surface area (Å²) in [6.07, 6.45) is 0.165. The zero-order valence-corrected chi connectivity index (χ0v) is 13.8. The molecule has 0 aliphatic heterocycles. The first kappa shape index (κ1) is 15.6. The highest BCUT2D eigenvalue weighted by molar-refractivity contribution is 5.72. The zero-order valence-electron chi connectivity index (χ0n) is 13.8. The number of oxazole rings is 1. The highest BCUT2D eigenvalue weighted by Gasteiger charge is 2.11. The largest absolute Gasteiger partial charge is 0.491 e. The molecule has 120 valence electrons. The Morgan fingerprint density at radius 3 is 2.57 bits per heavy atom. The molecule has 0 N–H and O–H groups in total. The molecule has 3 aromatic rings. The molecule has 2 aromatic carbocycles. The van der Waals surface area contributed by atoms with Gasteiger partial charge in [-0.25, -0.2) is 4.98 Å². The van der Waals surface area contributed by atoms with Gasteiger partial charge in [0.2, 0.25) is 5.89 Å². The van der Waals surface area contributed by atoms with Crippen molar-refractivity contribution >= 4 is 11.1 Å². The molecule has 0 saturated carbocycles. The van der Waals surface area contributed by atoms with Gasteiger partial charge >= 0.3 is 0 Å². The van der Waals surface area contributed by atoms with Crippen molar-refractivity contribution in [2.24, 2.45) is 0 Å². The minimum atomic E-state index is 0.165. The van der Waals surface area contributed by atoms with E-state index in [0.717, 1.165) is 29.3 Å². The number of rotatable bonds is 6. The molecular formula is C19H22N2O2. The van der Waals surface area contributed by atoms with E-state index in [-0.39, 0.29) is 6.10 Å². The van der Waals surface area contributed by atoms with Crippen LogP contribution < -0.4 is 4.74 Å². The standard InChI is InChI=1S/C19H22N2O2/c1-14(2)22-17-10-6-4-8-15(17)12-21(3)13-19-20-16-9-5-7-11-18(16)23-19/h4-11,14H,12-13H2,1-3H3. The van der Waals surface area contributed by atoms with Gasteiger partial charge in [-0.1, -0.05) is 30.3 Å². The lowest BCUT2D eigenvalue weighted by Gasteiger charge is -2.18. The molecule has 4 nitrogen and oxygen atoms in total. The summed E-state index contributed by atoms with van der Waals surface area (Å²) in [4.78, 5) is 6.70. The number of benzene rings is 2. The van der Waals surface area contributed by atoms with Crippen LogP contribution in [0.15, 0.2) is 52.9 Å². The first-order valence-corrected chi connectivity index (χ1v) is 7.89. The molecule has 0 aliphatic rings. The topological polar surface area (TPSA) is 38.5 Å². The molecule has 0 unspecified atom stereocenters. The molecule has 0 atom stereocenters. The maximum Gasteiger partial charge on any atom is 0.209 e. The number of fused-ring (bicyclic) bond motifs is 1. The third-order valence-corrected chi connectivity index (χ3v) is 3.52. The summed E-state index contributed by atoms with van der Waals surface area (Å²) in [5, 5.41) is 0. The SMILES string of the molecule is CC(C)Oc1ccccc1CN(C)Cc1nc2ccccc2o1. The van der Waals surface area contributed by atoms with Crippen molar-refractivity contribution in [3.05, 3.63) is 60.0 Å². The molecule has 0 bridgehead atoms. The van der Waals surface area contributed by atoms with E-state index in [9.17, 15) is 0 Å². The highest BCUT2D eigenvalue weighted by atomic mass is 16.5. The van der Waals surface area contributed by atoms with Crippen LogP contribution in [0.25, 0.3) is 11.1 Å². The Hall–Kier alpha value is -2.33. The molecule has 0 aliphatic carbocycles. The fraction of sp³-hybridized carbons (Fsp3) is 0.316. The van der Waals surface area contributed by atoms with Crippen LogP contribution >= 0.6 is 0 Å². The molecule has 3 rings (SSSR count). The van der Waals surface area contributed by atoms with Crippen LogP contribution in [0.1, 0.15) is 25.3 Å². The summed E-state index contributed by atoms with van der Waals surface area (Å²) >= 11 is 0. The molecule has 0 radical (unpaired) electrons. The van der Waals surface area contributed by atoms with Gasteiger partial charge in [0.15, 0.2) is 5.58 Å². The second-order valence-corrected chi connectivity index (χ2v) is 6.02. The Bertz CT molecular complexity index is 747. The second-order valence-electron chi connectivity index (χ2n) is 6.02. The molecule has 4 heteroatoms. The minimum absolute atomic E-state index is 0.165. The van der Waals surface area contributed by atoms with Crippen molar-refractivity contribution in [2.45, 2.75) is 33.0 Å². The predicted octanol–water partition coefficient (Wildman–Crippen LogP) is 4.25. The Kier molecular flexibility index (Phi) is 4.63. The molecule has 1 heterocycles. The molecule has 0 fully saturated rings. The van der Waals surface area contributed by atoms with Crippen LogP contribution in [0.5, 0.6) is 5.75 Å². The van der Waals surface area contributed by atoms with Gasteiger partial charge in [0.05, 0.1) is 12.6 Å². The van der Waals surface area contributed by atoms with Crippen molar-refractivity contribution in [1.82, 2.24) is 9.88 Å². The molecular weight excluding hydrogens is 288 g/mol. The van der Waals surface area contributed by atoms with Gasteiger partial charge in [-0.2, -0.15) is 0 Å². The highest BCUT2D eigenvalue weighted by Crippen LogP contribution is 2.22. The molecule has 0 amide bonds. The van der Waals surface area contributed by atoms with E-state index < -0.39 is 0 Å². The summed E-state index contributed by atoms with van der Waals surface area (Å²) in [7, 11) is 2.06. The van der Waals surface area contributed by atoms with Gasteiger partial charge in [0, 0.05) is 12.1 Å². The van der Waals surface area contributed by atoms with E-state index in [1.165, 1.54) is 5.56 Å². The second kappa shape index (κ2) is 6.84. The van der Waals surface area contributed by atoms with Gasteiger partial charge in [0.25, 0.3) is 0 Å². The Balaban J connectivity index is 1.70. The average Bonchev–Trinajstić information content (AvgIpc) is 2.90. The first-order valence-electron chi connectivity index (χ1n) is 7.89. The van der Waals surface area contributed by atoms with Crippen LogP contribution in [0, 0.1) is 0 Å². The molecule has 0 saturated heterocycles. The zero-order chi connectivity index (χ0) is 16.2. The fourth-order valence-electron chi connectivity index (χ4n) is 2.57. The molecule has 23 heavy (non-hydrogen) atoms. The summed E-state index contributed by atoms with van der Waals surface area (Å²) in [6, 6.07) is 16.0. The summed E-state index contributed by atoms with van der Waals surface area (Å²) in [6.45, 7) is 5.52. The Morgan fingerprint density at radius 2 is 1.78 bits per heavy atom. The molecule has 0 spiro atoms. The number of ether oxygens (including phenoxy) is 1. The van der Waals surface area contributed by atoms with Crippen molar-refractivity contribution in [2.75, 3.05) is 7.05 Å². The maximum atomic E-state index is 5.88. The van der Waals surface area contributed by atoms with Crippen molar-refractivity contribution in [3.8, 4) is 5.75 Å². The number of para-hydroxylation sites is 3. The Morgan fingerprint density at radius 1 is 1.04 bits per heavy atom. The smallest absolute Gasteiger partial charge is 0.209 e. The van der Waals surface area contributed by atoms with Crippen LogP contribution in [0.4, 0.5) is 0 Å². The Labute approximate surface area is 136 Å². The lowest BCUT2D eigenvalue weighted by Crippen LogP contribution is -2.18. The van der Waals surface area contributed by atoms with Crippen LogP contribution in [0.2, 0.25) is 0 Å². The average molecular weight is 310 g/mol. The predicted molar refractivity (Wildman–Crippen MR) is 91.4 cm³/mol. The minimum Gasteiger partial charge on any atom is -0.491 e.